The van der Waals surface area contributed by atoms with Gasteiger partial charge in [-0.15, -0.1) is 11.3 Å². The van der Waals surface area contributed by atoms with Gasteiger partial charge in [-0.1, -0.05) is 12.8 Å². The molecule has 5 rings (SSSR count). The molecular weight excluding hydrogens is 422 g/mol. The maximum atomic E-state index is 13.4. The summed E-state index contributed by atoms with van der Waals surface area (Å²) in [5.41, 5.74) is 0.451. The lowest BCUT2D eigenvalue weighted by Crippen LogP contribution is -2.49. The van der Waals surface area contributed by atoms with E-state index in [1.54, 1.807) is 28.6 Å². The van der Waals surface area contributed by atoms with Gasteiger partial charge in [-0.3, -0.25) is 19.5 Å². The number of hydrogen-bond acceptors (Lipinski definition) is 6. The third kappa shape index (κ3) is 3.19. The number of piperidine rings is 1. The van der Waals surface area contributed by atoms with E-state index in [1.165, 1.54) is 12.6 Å². The van der Waals surface area contributed by atoms with Gasteiger partial charge in [0.25, 0.3) is 21.8 Å². The van der Waals surface area contributed by atoms with Crippen LogP contribution in [0.4, 0.5) is 0 Å². The van der Waals surface area contributed by atoms with Gasteiger partial charge < -0.3 is 0 Å². The minimum atomic E-state index is -3.57. The second-order valence-electron chi connectivity index (χ2n) is 8.19. The fourth-order valence-corrected chi connectivity index (χ4v) is 8.22. The summed E-state index contributed by atoms with van der Waals surface area (Å²) in [6.07, 6.45) is 7.82. The molecule has 2 atom stereocenters. The lowest BCUT2D eigenvalue weighted by atomic mass is 9.79. The number of pyridine rings is 1. The van der Waals surface area contributed by atoms with Crippen LogP contribution in [0.25, 0.3) is 0 Å². The van der Waals surface area contributed by atoms with Crippen LogP contribution in [0, 0.1) is 5.92 Å². The van der Waals surface area contributed by atoms with Crippen molar-refractivity contribution < 1.29 is 18.0 Å². The van der Waals surface area contributed by atoms with E-state index in [9.17, 15) is 18.0 Å². The SMILES string of the molecule is O=C1c2cccnc2C(=O)N1Cc1ccc(S(=O)(=O)N2CCC[C@@H]3CCCC[C@@H]32)s1. The molecule has 2 fully saturated rings. The van der Waals surface area contributed by atoms with Crippen LogP contribution in [0.2, 0.25) is 0 Å². The molecule has 0 N–H and O–H groups in total. The highest BCUT2D eigenvalue weighted by Crippen LogP contribution is 2.39. The molecule has 158 valence electrons. The summed E-state index contributed by atoms with van der Waals surface area (Å²) in [5.74, 6) is -0.357. The minimum Gasteiger partial charge on any atom is -0.268 e. The number of nitrogens with zero attached hydrogens (tertiary/aromatic N) is 3. The van der Waals surface area contributed by atoms with Crippen LogP contribution in [0.3, 0.4) is 0 Å². The predicted molar refractivity (Wildman–Crippen MR) is 112 cm³/mol. The number of thiophene rings is 1. The Morgan fingerprint density at radius 2 is 1.83 bits per heavy atom. The molecule has 0 unspecified atom stereocenters. The Kier molecular flexibility index (Phi) is 4.99. The molecule has 3 aliphatic rings. The van der Waals surface area contributed by atoms with Crippen molar-refractivity contribution in [3.05, 3.63) is 46.6 Å². The molecule has 1 aliphatic carbocycles. The van der Waals surface area contributed by atoms with E-state index >= 15 is 0 Å². The van der Waals surface area contributed by atoms with Crippen LogP contribution in [-0.2, 0) is 16.6 Å². The number of fused-ring (bicyclic) bond motifs is 2. The first-order chi connectivity index (χ1) is 14.5. The molecule has 1 saturated heterocycles. The Labute approximate surface area is 179 Å². The molecule has 2 amide bonds. The monoisotopic (exact) mass is 445 g/mol. The fourth-order valence-electron chi connectivity index (χ4n) is 4.99. The predicted octanol–water partition coefficient (Wildman–Crippen LogP) is 3.28. The Hall–Kier alpha value is -2.10. The van der Waals surface area contributed by atoms with Gasteiger partial charge in [0.15, 0.2) is 0 Å². The quantitative estimate of drug-likeness (QED) is 0.674. The topological polar surface area (TPSA) is 87.6 Å². The van der Waals surface area contributed by atoms with Gasteiger partial charge in [0, 0.05) is 23.7 Å². The van der Waals surface area contributed by atoms with Crippen LogP contribution < -0.4 is 0 Å². The highest BCUT2D eigenvalue weighted by atomic mass is 32.2. The molecule has 9 heteroatoms. The molecule has 0 spiro atoms. The first kappa shape index (κ1) is 19.8. The van der Waals surface area contributed by atoms with Gasteiger partial charge in [-0.05, 0) is 55.9 Å². The van der Waals surface area contributed by atoms with Crippen molar-refractivity contribution in [2.75, 3.05) is 6.54 Å². The number of rotatable bonds is 4. The summed E-state index contributed by atoms with van der Waals surface area (Å²) in [7, 11) is -3.57. The van der Waals surface area contributed by atoms with E-state index < -0.39 is 15.9 Å². The molecule has 2 aromatic rings. The van der Waals surface area contributed by atoms with Crippen molar-refractivity contribution in [1.82, 2.24) is 14.2 Å². The van der Waals surface area contributed by atoms with Crippen LogP contribution in [0.15, 0.2) is 34.7 Å². The number of carbonyl (C=O) groups excluding carboxylic acids is 2. The van der Waals surface area contributed by atoms with Crippen molar-refractivity contribution in [3.63, 3.8) is 0 Å². The summed E-state index contributed by atoms with van der Waals surface area (Å²) < 4.78 is 28.8. The van der Waals surface area contributed by atoms with Gasteiger partial charge in [0.05, 0.1) is 12.1 Å². The average Bonchev–Trinajstić information content (AvgIpc) is 3.34. The van der Waals surface area contributed by atoms with Crippen LogP contribution in [0.5, 0.6) is 0 Å². The van der Waals surface area contributed by atoms with Gasteiger partial charge >= 0.3 is 0 Å². The van der Waals surface area contributed by atoms with Crippen molar-refractivity contribution >= 4 is 33.2 Å². The van der Waals surface area contributed by atoms with Crippen molar-refractivity contribution in [2.24, 2.45) is 5.92 Å². The highest BCUT2D eigenvalue weighted by Gasteiger charge is 2.41. The number of imide groups is 1. The zero-order chi connectivity index (χ0) is 20.9. The third-order valence-electron chi connectivity index (χ3n) is 6.44. The van der Waals surface area contributed by atoms with Gasteiger partial charge in [0.2, 0.25) is 0 Å². The first-order valence-electron chi connectivity index (χ1n) is 10.4. The van der Waals surface area contributed by atoms with Crippen molar-refractivity contribution in [1.29, 1.82) is 0 Å². The molecule has 2 aliphatic heterocycles. The van der Waals surface area contributed by atoms with Crippen LogP contribution >= 0.6 is 11.3 Å². The maximum Gasteiger partial charge on any atom is 0.280 e. The maximum absolute atomic E-state index is 13.4. The van der Waals surface area contributed by atoms with Gasteiger partial charge in [-0.2, -0.15) is 4.31 Å². The Balaban J connectivity index is 1.37. The second-order valence-corrected chi connectivity index (χ2v) is 11.5. The summed E-state index contributed by atoms with van der Waals surface area (Å²) in [4.78, 5) is 30.9. The largest absolute Gasteiger partial charge is 0.280 e. The molecule has 2 aromatic heterocycles. The number of hydrogen-bond donors (Lipinski definition) is 0. The van der Waals surface area contributed by atoms with Gasteiger partial charge in [0.1, 0.15) is 9.90 Å². The van der Waals surface area contributed by atoms with Crippen molar-refractivity contribution in [3.8, 4) is 0 Å². The molecule has 0 bridgehead atoms. The van der Waals surface area contributed by atoms with Crippen LogP contribution in [0.1, 0.15) is 64.2 Å². The molecule has 1 saturated carbocycles. The second kappa shape index (κ2) is 7.55. The number of carbonyl (C=O) groups is 2. The number of aromatic nitrogens is 1. The van der Waals surface area contributed by atoms with Gasteiger partial charge in [-0.25, -0.2) is 8.42 Å². The smallest absolute Gasteiger partial charge is 0.268 e. The first-order valence-corrected chi connectivity index (χ1v) is 12.6. The van der Waals surface area contributed by atoms with E-state index in [4.69, 9.17) is 0 Å². The minimum absolute atomic E-state index is 0.0558. The number of amides is 2. The average molecular weight is 446 g/mol. The molecule has 0 radical (unpaired) electrons. The van der Waals surface area contributed by atoms with Crippen molar-refractivity contribution in [2.45, 2.75) is 55.3 Å². The zero-order valence-corrected chi connectivity index (χ0v) is 18.1. The molecular formula is C21H23N3O4S2. The fraction of sp³-hybridized carbons (Fsp3) is 0.476. The van der Waals surface area contributed by atoms with E-state index in [0.717, 1.165) is 48.3 Å². The summed E-state index contributed by atoms with van der Waals surface area (Å²) in [5, 5.41) is 0. The molecule has 30 heavy (non-hydrogen) atoms. The lowest BCUT2D eigenvalue weighted by Gasteiger charge is -2.42. The zero-order valence-electron chi connectivity index (χ0n) is 16.5. The molecule has 7 nitrogen and oxygen atoms in total. The van der Waals surface area contributed by atoms with E-state index in [0.29, 0.717) is 27.1 Å². The van der Waals surface area contributed by atoms with E-state index in [-0.39, 0.29) is 24.2 Å². The summed E-state index contributed by atoms with van der Waals surface area (Å²) >= 11 is 1.15. The lowest BCUT2D eigenvalue weighted by molar-refractivity contribution is 0.0642. The Morgan fingerprint density at radius 3 is 2.67 bits per heavy atom. The normalized spacial score (nSPS) is 24.7. The third-order valence-corrected chi connectivity index (χ3v) is 9.90. The summed E-state index contributed by atoms with van der Waals surface area (Å²) in [6, 6.07) is 6.63. The molecule has 4 heterocycles. The van der Waals surface area contributed by atoms with Crippen LogP contribution in [-0.4, -0.2) is 47.0 Å². The standard InChI is InChI=1S/C21H23N3O4S2/c25-20-16-7-3-11-22-19(16)21(26)23(20)13-15-9-10-18(29-15)30(27,28)24-12-4-6-14-5-1-2-8-17(14)24/h3,7,9-11,14,17H,1-2,4-6,8,12-13H2/t14-,17-/m0/s1. The van der Waals surface area contributed by atoms with E-state index in [1.807, 2.05) is 0 Å². The Bertz CT molecular complexity index is 1070. The van der Waals surface area contributed by atoms with E-state index in [2.05, 4.69) is 4.98 Å². The molecule has 0 aromatic carbocycles. The number of sulfonamides is 1. The summed E-state index contributed by atoms with van der Waals surface area (Å²) in [6.45, 7) is 0.626. The highest BCUT2D eigenvalue weighted by molar-refractivity contribution is 7.91. The Morgan fingerprint density at radius 1 is 1.03 bits per heavy atom.